The molecule has 11 heteroatoms. The Hall–Kier alpha value is -4.07. The number of nitrogen functional groups attached to an aromatic ring is 1. The van der Waals surface area contributed by atoms with Crippen LogP contribution >= 0.6 is 0 Å². The molecule has 0 unspecified atom stereocenters. The van der Waals surface area contributed by atoms with E-state index in [2.05, 4.69) is 26.8 Å². The fourth-order valence-electron chi connectivity index (χ4n) is 3.66. The molecular formula is C23H27N7O4. The van der Waals surface area contributed by atoms with Crippen molar-refractivity contribution in [2.24, 2.45) is 0 Å². The number of nitrogens with zero attached hydrogens (tertiary/aromatic N) is 6. The number of pyridine rings is 1. The van der Waals surface area contributed by atoms with Crippen LogP contribution in [0.15, 0.2) is 18.5 Å². The maximum absolute atomic E-state index is 12.5. The lowest BCUT2D eigenvalue weighted by Crippen LogP contribution is -2.35. The average molecular weight is 466 g/mol. The summed E-state index contributed by atoms with van der Waals surface area (Å²) in [6, 6.07) is 3.30. The van der Waals surface area contributed by atoms with Gasteiger partial charge in [-0.05, 0) is 33.1 Å². The molecule has 3 aromatic heterocycles. The van der Waals surface area contributed by atoms with Crippen molar-refractivity contribution in [1.82, 2.24) is 29.6 Å². The number of carbonyl (C=O) groups is 1. The monoisotopic (exact) mass is 465 g/mol. The number of rotatable bonds is 3. The van der Waals surface area contributed by atoms with E-state index >= 15 is 0 Å². The number of fused-ring (bicyclic) bond motifs is 1. The maximum atomic E-state index is 12.5. The van der Waals surface area contributed by atoms with Crippen molar-refractivity contribution in [3.8, 4) is 23.6 Å². The van der Waals surface area contributed by atoms with Crippen LogP contribution in [0.25, 0.3) is 11.0 Å². The number of likely N-dealkylation sites (tertiary alicyclic amines) is 1. The zero-order valence-corrected chi connectivity index (χ0v) is 19.8. The van der Waals surface area contributed by atoms with Crippen molar-refractivity contribution >= 4 is 22.9 Å². The van der Waals surface area contributed by atoms with E-state index in [-0.39, 0.29) is 18.0 Å². The van der Waals surface area contributed by atoms with Gasteiger partial charge < -0.3 is 24.8 Å². The second-order valence-corrected chi connectivity index (χ2v) is 8.81. The minimum Gasteiger partial charge on any atom is -0.481 e. The highest BCUT2D eigenvalue weighted by atomic mass is 16.6. The fraction of sp³-hybridized carbons (Fsp3) is 0.435. The third kappa shape index (κ3) is 4.80. The molecule has 0 radical (unpaired) electrons. The highest BCUT2D eigenvalue weighted by Crippen LogP contribution is 2.29. The van der Waals surface area contributed by atoms with Crippen molar-refractivity contribution < 1.29 is 19.0 Å². The smallest absolute Gasteiger partial charge is 0.410 e. The third-order valence-corrected chi connectivity index (χ3v) is 5.20. The van der Waals surface area contributed by atoms with Gasteiger partial charge in [0.15, 0.2) is 5.65 Å². The summed E-state index contributed by atoms with van der Waals surface area (Å²) >= 11 is 0. The molecule has 1 aliphatic rings. The molecule has 1 aliphatic heterocycles. The number of hydrogen-bond donors (Lipinski definition) is 1. The first-order chi connectivity index (χ1) is 16.2. The van der Waals surface area contributed by atoms with Gasteiger partial charge in [0.1, 0.15) is 23.4 Å². The van der Waals surface area contributed by atoms with Crippen LogP contribution in [-0.2, 0) is 4.74 Å². The number of ether oxygens (including phenoxy) is 3. The number of nitrogens with two attached hydrogens (primary N) is 1. The molecule has 34 heavy (non-hydrogen) atoms. The Bertz CT molecular complexity index is 1260. The number of aromatic nitrogens is 5. The minimum absolute atomic E-state index is 0.0963. The Morgan fingerprint density at radius 1 is 1.15 bits per heavy atom. The van der Waals surface area contributed by atoms with Gasteiger partial charge in [-0.15, -0.1) is 0 Å². The van der Waals surface area contributed by atoms with E-state index in [9.17, 15) is 4.79 Å². The van der Waals surface area contributed by atoms with E-state index in [0.717, 1.165) is 0 Å². The summed E-state index contributed by atoms with van der Waals surface area (Å²) in [5.74, 6) is 7.19. The molecule has 0 saturated carbocycles. The second kappa shape index (κ2) is 9.05. The minimum atomic E-state index is -0.559. The Morgan fingerprint density at radius 3 is 2.50 bits per heavy atom. The zero-order chi connectivity index (χ0) is 24.5. The van der Waals surface area contributed by atoms with Crippen LogP contribution in [-0.4, -0.2) is 68.6 Å². The van der Waals surface area contributed by atoms with E-state index in [1.54, 1.807) is 21.7 Å². The summed E-state index contributed by atoms with van der Waals surface area (Å²) < 4.78 is 17.7. The van der Waals surface area contributed by atoms with Crippen LogP contribution in [0.2, 0.25) is 0 Å². The average Bonchev–Trinajstić information content (AvgIpc) is 3.42. The molecule has 0 aromatic carbocycles. The molecule has 178 valence electrons. The first kappa shape index (κ1) is 23.1. The van der Waals surface area contributed by atoms with Crippen molar-refractivity contribution in [2.45, 2.75) is 38.8 Å². The summed E-state index contributed by atoms with van der Waals surface area (Å²) in [6.07, 6.45) is 1.75. The summed E-state index contributed by atoms with van der Waals surface area (Å²) in [6.45, 7) is 6.54. The number of anilines is 1. The highest BCUT2D eigenvalue weighted by molar-refractivity contribution is 5.90. The van der Waals surface area contributed by atoms with Gasteiger partial charge in [0.25, 0.3) is 0 Å². The maximum Gasteiger partial charge on any atom is 0.410 e. The summed E-state index contributed by atoms with van der Waals surface area (Å²) in [5.41, 5.74) is 7.26. The Morgan fingerprint density at radius 2 is 1.85 bits per heavy atom. The van der Waals surface area contributed by atoms with Gasteiger partial charge in [0.05, 0.1) is 25.6 Å². The van der Waals surface area contributed by atoms with Crippen molar-refractivity contribution in [1.29, 1.82) is 0 Å². The van der Waals surface area contributed by atoms with Gasteiger partial charge >= 0.3 is 6.09 Å². The second-order valence-electron chi connectivity index (χ2n) is 8.81. The van der Waals surface area contributed by atoms with Crippen LogP contribution in [0.3, 0.4) is 0 Å². The molecule has 1 amide bonds. The Labute approximate surface area is 197 Å². The van der Waals surface area contributed by atoms with Crippen LogP contribution < -0.4 is 15.2 Å². The molecule has 1 atom stereocenters. The van der Waals surface area contributed by atoms with Gasteiger partial charge in [-0.25, -0.2) is 19.4 Å². The number of methoxy groups -OCH3 is 2. The van der Waals surface area contributed by atoms with Gasteiger partial charge in [-0.2, -0.15) is 10.1 Å². The summed E-state index contributed by atoms with van der Waals surface area (Å²) in [5, 5.41) is 5.27. The normalized spacial score (nSPS) is 15.7. The molecule has 2 N–H and O–H groups in total. The first-order valence-corrected chi connectivity index (χ1v) is 10.8. The molecule has 4 heterocycles. The van der Waals surface area contributed by atoms with E-state index in [1.807, 2.05) is 20.8 Å². The zero-order valence-electron chi connectivity index (χ0n) is 19.8. The largest absolute Gasteiger partial charge is 0.481 e. The lowest BCUT2D eigenvalue weighted by molar-refractivity contribution is 0.0288. The number of hydrogen-bond acceptors (Lipinski definition) is 9. The van der Waals surface area contributed by atoms with Crippen molar-refractivity contribution in [2.75, 3.05) is 33.0 Å². The molecule has 11 nitrogen and oxygen atoms in total. The van der Waals surface area contributed by atoms with Crippen molar-refractivity contribution in [3.63, 3.8) is 0 Å². The summed E-state index contributed by atoms with van der Waals surface area (Å²) in [4.78, 5) is 26.9. The van der Waals surface area contributed by atoms with Crippen molar-refractivity contribution in [3.05, 3.63) is 29.7 Å². The van der Waals surface area contributed by atoms with E-state index in [1.165, 1.54) is 20.5 Å². The van der Waals surface area contributed by atoms with Crippen LogP contribution in [0.5, 0.6) is 11.8 Å². The molecule has 1 saturated heterocycles. The molecule has 4 rings (SSSR count). The fourth-order valence-corrected chi connectivity index (χ4v) is 3.66. The predicted molar refractivity (Wildman–Crippen MR) is 125 cm³/mol. The Balaban J connectivity index is 1.67. The van der Waals surface area contributed by atoms with E-state index < -0.39 is 5.60 Å². The summed E-state index contributed by atoms with van der Waals surface area (Å²) in [7, 11) is 3.04. The molecular weight excluding hydrogens is 438 g/mol. The van der Waals surface area contributed by atoms with Crippen LogP contribution in [0, 0.1) is 11.8 Å². The van der Waals surface area contributed by atoms with Gasteiger partial charge in [0.2, 0.25) is 11.8 Å². The van der Waals surface area contributed by atoms with E-state index in [4.69, 9.17) is 25.0 Å². The predicted octanol–water partition coefficient (Wildman–Crippen LogP) is 2.40. The quantitative estimate of drug-likeness (QED) is 0.579. The topological polar surface area (TPSA) is 131 Å². The van der Waals surface area contributed by atoms with Gasteiger partial charge in [-0.1, -0.05) is 5.92 Å². The molecule has 0 spiro atoms. The third-order valence-electron chi connectivity index (χ3n) is 5.20. The molecule has 3 aromatic rings. The lowest BCUT2D eigenvalue weighted by Gasteiger charge is -2.24. The van der Waals surface area contributed by atoms with Gasteiger partial charge in [0, 0.05) is 30.8 Å². The number of amides is 1. The molecule has 0 bridgehead atoms. The number of carbonyl (C=O) groups excluding carboxylic acids is 1. The lowest BCUT2D eigenvalue weighted by atomic mass is 10.2. The Kier molecular flexibility index (Phi) is 6.15. The molecule has 0 aliphatic carbocycles. The van der Waals surface area contributed by atoms with E-state index in [0.29, 0.717) is 53.6 Å². The highest BCUT2D eigenvalue weighted by Gasteiger charge is 2.32. The SMILES string of the molecule is COc1cc(C#Cc2nn([C@H]3CCN(C(=O)OC(C)(C)C)C3)c3ncnc(N)c23)cc(OC)n1. The van der Waals surface area contributed by atoms with Crippen LogP contribution in [0.1, 0.15) is 44.5 Å². The molecule has 1 fully saturated rings. The van der Waals surface area contributed by atoms with Crippen LogP contribution in [0.4, 0.5) is 10.6 Å². The standard InChI is InChI=1S/C23H27N7O4/c1-23(2,3)34-22(31)29-9-8-15(12-29)30-21-19(20(24)25-13-26-21)16(28-30)7-6-14-10-17(32-4)27-18(11-14)33-5/h10-11,13,15H,8-9,12H2,1-5H3,(H2,24,25,26)/t15-/m0/s1. The first-order valence-electron chi connectivity index (χ1n) is 10.8. The van der Waals surface area contributed by atoms with Gasteiger partial charge in [-0.3, -0.25) is 0 Å².